The molecule has 0 saturated carbocycles. The lowest BCUT2D eigenvalue weighted by Gasteiger charge is -2.37. The van der Waals surface area contributed by atoms with Crippen molar-refractivity contribution in [1.82, 2.24) is 35.5 Å². The first-order valence-electron chi connectivity index (χ1n) is 12.9. The Morgan fingerprint density at radius 3 is 2.55 bits per heavy atom. The number of anilines is 1. The van der Waals surface area contributed by atoms with Crippen LogP contribution in [0.25, 0.3) is 22.5 Å². The number of hydrogen-bond donors (Lipinski definition) is 3. The number of hydrazine groups is 1. The van der Waals surface area contributed by atoms with Gasteiger partial charge in [-0.1, -0.05) is 18.2 Å². The number of hydrogen-bond acceptors (Lipinski definition) is 9. The lowest BCUT2D eigenvalue weighted by Crippen LogP contribution is -2.51. The van der Waals surface area contributed by atoms with Crippen LogP contribution in [0.2, 0.25) is 0 Å². The average Bonchev–Trinajstić information content (AvgIpc) is 3.36. The van der Waals surface area contributed by atoms with Gasteiger partial charge in [0.15, 0.2) is 11.6 Å². The number of rotatable bonds is 5. The molecule has 3 aromatic rings. The molecule has 3 heterocycles. The summed E-state index contributed by atoms with van der Waals surface area (Å²) in [6, 6.07) is 6.93. The van der Waals surface area contributed by atoms with Crippen molar-refractivity contribution in [3.8, 4) is 22.5 Å². The van der Waals surface area contributed by atoms with Gasteiger partial charge in [-0.05, 0) is 45.2 Å². The average molecular weight is 551 g/mol. The highest BCUT2D eigenvalue weighted by Gasteiger charge is 2.33. The van der Waals surface area contributed by atoms with Crippen LogP contribution in [0.1, 0.15) is 50.9 Å². The topological polar surface area (TPSA) is 155 Å². The summed E-state index contributed by atoms with van der Waals surface area (Å²) < 4.78 is 7.21. The molecule has 0 spiro atoms. The molecule has 40 heavy (non-hydrogen) atoms. The van der Waals surface area contributed by atoms with Crippen LogP contribution in [0, 0.1) is 0 Å². The number of aromatic nitrogens is 4. The monoisotopic (exact) mass is 550 g/mol. The first-order valence-corrected chi connectivity index (χ1v) is 12.9. The second kappa shape index (κ2) is 11.7. The van der Waals surface area contributed by atoms with Gasteiger partial charge in [-0.15, -0.1) is 0 Å². The first-order chi connectivity index (χ1) is 18.9. The molecular formula is C27H34N8O5. The first kappa shape index (κ1) is 28.5. The van der Waals surface area contributed by atoms with Crippen molar-refractivity contribution >= 4 is 23.7 Å². The van der Waals surface area contributed by atoms with Crippen LogP contribution < -0.4 is 15.9 Å². The van der Waals surface area contributed by atoms with Crippen LogP contribution in [0.15, 0.2) is 42.9 Å². The van der Waals surface area contributed by atoms with Crippen LogP contribution in [0.5, 0.6) is 0 Å². The highest BCUT2D eigenvalue weighted by Crippen LogP contribution is 2.28. The minimum absolute atomic E-state index is 0.0576. The molecule has 212 valence electrons. The molecule has 3 N–H and O–H groups in total. The molecule has 3 amide bonds. The summed E-state index contributed by atoms with van der Waals surface area (Å²) in [5.41, 5.74) is 6.26. The van der Waals surface area contributed by atoms with Crippen molar-refractivity contribution in [3.63, 3.8) is 0 Å². The Bertz CT molecular complexity index is 1400. The van der Waals surface area contributed by atoms with Crippen molar-refractivity contribution in [1.29, 1.82) is 0 Å². The van der Waals surface area contributed by atoms with E-state index >= 15 is 0 Å². The Morgan fingerprint density at radius 2 is 1.88 bits per heavy atom. The Kier molecular flexibility index (Phi) is 8.33. The van der Waals surface area contributed by atoms with E-state index in [1.54, 1.807) is 31.6 Å². The minimum atomic E-state index is -0.709. The fraction of sp³-hybridized carbons (Fsp3) is 0.407. The molecule has 1 aliphatic heterocycles. The van der Waals surface area contributed by atoms with E-state index in [9.17, 15) is 19.6 Å². The van der Waals surface area contributed by atoms with Crippen LogP contribution in [0.4, 0.5) is 10.6 Å². The summed E-state index contributed by atoms with van der Waals surface area (Å²) in [4.78, 5) is 47.5. The number of aryl methyl sites for hydroxylation is 1. The summed E-state index contributed by atoms with van der Waals surface area (Å²) in [6.07, 6.45) is 5.59. The molecular weight excluding hydrogens is 516 g/mol. The van der Waals surface area contributed by atoms with Crippen molar-refractivity contribution in [3.05, 3.63) is 48.4 Å². The molecule has 1 atom stereocenters. The summed E-state index contributed by atoms with van der Waals surface area (Å²) >= 11 is 0. The number of nitrogens with one attached hydrogen (secondary N) is 2. The fourth-order valence-electron chi connectivity index (χ4n) is 4.29. The molecule has 13 heteroatoms. The maximum absolute atomic E-state index is 12.9. The van der Waals surface area contributed by atoms with E-state index in [1.165, 1.54) is 18.0 Å². The number of benzene rings is 1. The van der Waals surface area contributed by atoms with Gasteiger partial charge >= 0.3 is 6.09 Å². The summed E-state index contributed by atoms with van der Waals surface area (Å²) in [5, 5.41) is 16.5. The number of likely N-dealkylation sites (tertiary alicyclic amines) is 1. The molecule has 2 aromatic heterocycles. The fourth-order valence-corrected chi connectivity index (χ4v) is 4.29. The predicted octanol–water partition coefficient (Wildman–Crippen LogP) is 2.92. The zero-order valence-corrected chi connectivity index (χ0v) is 23.2. The minimum Gasteiger partial charge on any atom is -0.444 e. The Hall–Kier alpha value is -4.52. The Balaban J connectivity index is 1.67. The SMILES string of the molecule is CC(=O)NNC(=O)c1cnc(-c2cccc(-c3cnn(C)c3)c2)nc1N(O)C1CCCN(C(=O)OC(C)(C)C)C1. The van der Waals surface area contributed by atoms with E-state index in [2.05, 4.69) is 25.9 Å². The maximum Gasteiger partial charge on any atom is 0.410 e. The number of nitrogens with zero attached hydrogens (tertiary/aromatic N) is 6. The number of ether oxygens (including phenoxy) is 1. The Labute approximate surface area is 232 Å². The van der Waals surface area contributed by atoms with Crippen molar-refractivity contribution < 1.29 is 24.3 Å². The van der Waals surface area contributed by atoms with Gasteiger partial charge in [0.25, 0.3) is 5.91 Å². The van der Waals surface area contributed by atoms with E-state index < -0.39 is 29.6 Å². The van der Waals surface area contributed by atoms with Gasteiger partial charge in [-0.2, -0.15) is 5.10 Å². The van der Waals surface area contributed by atoms with Crippen LogP contribution >= 0.6 is 0 Å². The van der Waals surface area contributed by atoms with Gasteiger partial charge in [-0.25, -0.2) is 19.8 Å². The third-order valence-corrected chi connectivity index (χ3v) is 6.14. The van der Waals surface area contributed by atoms with Gasteiger partial charge in [-0.3, -0.25) is 30.3 Å². The molecule has 1 aliphatic rings. The number of piperidine rings is 1. The second-order valence-corrected chi connectivity index (χ2v) is 10.6. The van der Waals surface area contributed by atoms with E-state index in [0.717, 1.165) is 16.2 Å². The molecule has 1 aromatic carbocycles. The Morgan fingerprint density at radius 1 is 1.12 bits per heavy atom. The maximum atomic E-state index is 12.9. The van der Waals surface area contributed by atoms with E-state index in [0.29, 0.717) is 24.9 Å². The van der Waals surface area contributed by atoms with E-state index in [1.807, 2.05) is 37.5 Å². The zero-order chi connectivity index (χ0) is 29.0. The number of amides is 3. The quantitative estimate of drug-likeness (QED) is 0.407. The van der Waals surface area contributed by atoms with Gasteiger partial charge in [0.05, 0.1) is 12.2 Å². The zero-order valence-electron chi connectivity index (χ0n) is 23.2. The normalized spacial score (nSPS) is 15.3. The van der Waals surface area contributed by atoms with Crippen molar-refractivity contribution in [2.24, 2.45) is 7.05 Å². The smallest absolute Gasteiger partial charge is 0.410 e. The van der Waals surface area contributed by atoms with Crippen LogP contribution in [0.3, 0.4) is 0 Å². The lowest BCUT2D eigenvalue weighted by atomic mass is 10.0. The van der Waals surface area contributed by atoms with Crippen molar-refractivity contribution in [2.75, 3.05) is 18.2 Å². The lowest BCUT2D eigenvalue weighted by molar-refractivity contribution is -0.119. The van der Waals surface area contributed by atoms with Crippen LogP contribution in [-0.2, 0) is 16.6 Å². The number of carbonyl (C=O) groups excluding carboxylic acids is 3. The summed E-state index contributed by atoms with van der Waals surface area (Å²) in [7, 11) is 1.83. The van der Waals surface area contributed by atoms with Gasteiger partial charge < -0.3 is 9.64 Å². The molecule has 13 nitrogen and oxygen atoms in total. The third kappa shape index (κ3) is 6.91. The highest BCUT2D eigenvalue weighted by atomic mass is 16.6. The van der Waals surface area contributed by atoms with Gasteiger partial charge in [0.2, 0.25) is 5.91 Å². The molecule has 1 unspecified atom stereocenters. The standard InChI is InChI=1S/C27H34N8O5/c1-17(36)31-32-25(37)22-14-28-23(19-9-6-8-18(12-19)20-13-29-33(5)15-20)30-24(22)35(39)21-10-7-11-34(16-21)26(38)40-27(2,3)4/h6,8-9,12-15,21,39H,7,10-11,16H2,1-5H3,(H,31,36)(H,32,37). The van der Waals surface area contributed by atoms with Crippen molar-refractivity contribution in [2.45, 2.75) is 52.2 Å². The number of carbonyl (C=O) groups is 3. The van der Waals surface area contributed by atoms with E-state index in [-0.39, 0.29) is 23.8 Å². The largest absolute Gasteiger partial charge is 0.444 e. The molecule has 0 aliphatic carbocycles. The summed E-state index contributed by atoms with van der Waals surface area (Å²) in [6.45, 7) is 7.25. The molecule has 4 rings (SSSR count). The van der Waals surface area contributed by atoms with E-state index in [4.69, 9.17) is 4.74 Å². The number of hydroxylamine groups is 1. The van der Waals surface area contributed by atoms with Gasteiger partial charge in [0, 0.05) is 50.6 Å². The second-order valence-electron chi connectivity index (χ2n) is 10.6. The molecule has 0 radical (unpaired) electrons. The molecule has 1 fully saturated rings. The summed E-state index contributed by atoms with van der Waals surface area (Å²) in [5.74, 6) is -0.966. The molecule has 0 bridgehead atoms. The van der Waals surface area contributed by atoms with Gasteiger partial charge in [0.1, 0.15) is 11.2 Å². The predicted molar refractivity (Wildman–Crippen MR) is 146 cm³/mol. The van der Waals surface area contributed by atoms with Crippen LogP contribution in [-0.4, -0.2) is 72.5 Å². The third-order valence-electron chi connectivity index (χ3n) is 6.14. The highest BCUT2D eigenvalue weighted by molar-refractivity contribution is 5.99. The molecule has 1 saturated heterocycles.